The Labute approximate surface area is 161 Å². The summed E-state index contributed by atoms with van der Waals surface area (Å²) in [5, 5.41) is 3.31. The molecule has 0 spiro atoms. The molecule has 0 saturated heterocycles. The summed E-state index contributed by atoms with van der Waals surface area (Å²) in [7, 11) is 3.77. The fraction of sp³-hybridized carbons (Fsp3) is 0.412. The van der Waals surface area contributed by atoms with Crippen LogP contribution in [0.5, 0.6) is 5.75 Å². The average molecular weight is 446 g/mol. The number of primary amides is 1. The van der Waals surface area contributed by atoms with Crippen molar-refractivity contribution in [2.24, 2.45) is 10.7 Å². The minimum absolute atomic E-state index is 0. The van der Waals surface area contributed by atoms with E-state index in [-0.39, 0.29) is 30.6 Å². The van der Waals surface area contributed by atoms with E-state index in [0.717, 1.165) is 30.9 Å². The number of hydrogen-bond acceptors (Lipinski definition) is 3. The van der Waals surface area contributed by atoms with E-state index >= 15 is 0 Å². The van der Waals surface area contributed by atoms with Crippen molar-refractivity contribution in [3.63, 3.8) is 0 Å². The fourth-order valence-electron chi connectivity index (χ4n) is 2.04. The number of unbranched alkanes of at least 4 members (excludes halogenated alkanes) is 1. The van der Waals surface area contributed by atoms with Crippen molar-refractivity contribution < 1.29 is 9.53 Å². The van der Waals surface area contributed by atoms with Gasteiger partial charge in [0.05, 0.1) is 0 Å². The van der Waals surface area contributed by atoms with Gasteiger partial charge in [-0.05, 0) is 30.5 Å². The van der Waals surface area contributed by atoms with Crippen LogP contribution < -0.4 is 15.8 Å². The molecule has 7 heteroatoms. The lowest BCUT2D eigenvalue weighted by molar-refractivity contribution is -0.119. The van der Waals surface area contributed by atoms with Gasteiger partial charge in [-0.2, -0.15) is 0 Å². The van der Waals surface area contributed by atoms with Crippen molar-refractivity contribution in [3.05, 3.63) is 42.5 Å². The lowest BCUT2D eigenvalue weighted by Crippen LogP contribution is -2.38. The lowest BCUT2D eigenvalue weighted by Gasteiger charge is -2.22. The predicted molar refractivity (Wildman–Crippen MR) is 109 cm³/mol. The van der Waals surface area contributed by atoms with Crippen LogP contribution in [0.25, 0.3) is 0 Å². The van der Waals surface area contributed by atoms with Crippen LogP contribution in [-0.2, 0) is 11.3 Å². The molecule has 0 fully saturated rings. The maximum Gasteiger partial charge on any atom is 0.255 e. The molecule has 1 aromatic carbocycles. The molecule has 24 heavy (non-hydrogen) atoms. The molecule has 6 nitrogen and oxygen atoms in total. The molecular weight excluding hydrogens is 419 g/mol. The Balaban J connectivity index is 0.00000529. The second-order valence-electron chi connectivity index (χ2n) is 5.16. The molecule has 0 unspecified atom stereocenters. The van der Waals surface area contributed by atoms with Gasteiger partial charge in [-0.3, -0.25) is 9.79 Å². The van der Waals surface area contributed by atoms with Crippen LogP contribution in [0.3, 0.4) is 0 Å². The number of ether oxygens (including phenoxy) is 1. The van der Waals surface area contributed by atoms with E-state index in [1.165, 1.54) is 0 Å². The van der Waals surface area contributed by atoms with Gasteiger partial charge in [0.2, 0.25) is 0 Å². The zero-order valence-electron chi connectivity index (χ0n) is 14.3. The predicted octanol–water partition coefficient (Wildman–Crippen LogP) is 2.14. The first-order valence-electron chi connectivity index (χ1n) is 7.59. The molecule has 0 radical (unpaired) electrons. The number of hydrogen-bond donors (Lipinski definition) is 2. The molecule has 0 bridgehead atoms. The van der Waals surface area contributed by atoms with Crippen molar-refractivity contribution in [3.8, 4) is 5.75 Å². The van der Waals surface area contributed by atoms with Crippen LogP contribution in [0.4, 0.5) is 0 Å². The van der Waals surface area contributed by atoms with E-state index in [1.807, 2.05) is 31.3 Å². The summed E-state index contributed by atoms with van der Waals surface area (Å²) < 4.78 is 5.30. The van der Waals surface area contributed by atoms with Crippen LogP contribution in [0.1, 0.15) is 18.4 Å². The first-order valence-corrected chi connectivity index (χ1v) is 7.59. The third kappa shape index (κ3) is 8.76. The van der Waals surface area contributed by atoms with Gasteiger partial charge in [0.15, 0.2) is 12.6 Å². The molecule has 1 rings (SSSR count). The maximum atomic E-state index is 10.8. The summed E-state index contributed by atoms with van der Waals surface area (Å²) in [4.78, 5) is 17.1. The number of aliphatic imine (C=N–C) groups is 1. The van der Waals surface area contributed by atoms with Gasteiger partial charge in [-0.15, -0.1) is 30.6 Å². The molecule has 0 saturated carbocycles. The summed E-state index contributed by atoms with van der Waals surface area (Å²) in [5.74, 6) is 0.963. The molecule has 1 aromatic rings. The number of nitrogens with one attached hydrogen (secondary N) is 1. The van der Waals surface area contributed by atoms with Gasteiger partial charge >= 0.3 is 0 Å². The normalized spacial score (nSPS) is 10.5. The first kappa shape index (κ1) is 22.2. The fourth-order valence-corrected chi connectivity index (χ4v) is 2.04. The Morgan fingerprint density at radius 2 is 2.25 bits per heavy atom. The summed E-state index contributed by atoms with van der Waals surface area (Å²) in [6.45, 7) is 5.13. The third-order valence-electron chi connectivity index (χ3n) is 3.21. The number of nitrogens with zero attached hydrogens (tertiary/aromatic N) is 2. The second-order valence-corrected chi connectivity index (χ2v) is 5.16. The molecule has 0 aliphatic rings. The number of carbonyl (C=O) groups is 1. The van der Waals surface area contributed by atoms with E-state index in [4.69, 9.17) is 10.5 Å². The Morgan fingerprint density at radius 1 is 1.50 bits per heavy atom. The topological polar surface area (TPSA) is 79.9 Å². The summed E-state index contributed by atoms with van der Waals surface area (Å²) in [6, 6.07) is 7.53. The number of carbonyl (C=O) groups excluding carboxylic acids is 1. The molecule has 3 N–H and O–H groups in total. The number of allylic oxidation sites excluding steroid dienone is 1. The average Bonchev–Trinajstić information content (AvgIpc) is 2.54. The van der Waals surface area contributed by atoms with Crippen molar-refractivity contribution in [2.45, 2.75) is 19.4 Å². The van der Waals surface area contributed by atoms with Gasteiger partial charge in [0.1, 0.15) is 5.75 Å². The zero-order valence-corrected chi connectivity index (χ0v) is 16.7. The summed E-state index contributed by atoms with van der Waals surface area (Å²) in [6.07, 6.45) is 3.94. The van der Waals surface area contributed by atoms with Crippen LogP contribution in [0.2, 0.25) is 0 Å². The minimum atomic E-state index is -0.491. The molecule has 134 valence electrons. The van der Waals surface area contributed by atoms with Gasteiger partial charge < -0.3 is 20.7 Å². The minimum Gasteiger partial charge on any atom is -0.484 e. The van der Waals surface area contributed by atoms with E-state index in [0.29, 0.717) is 12.3 Å². The Hall–Kier alpha value is -1.77. The second kappa shape index (κ2) is 12.6. The zero-order chi connectivity index (χ0) is 17.1. The Kier molecular flexibility index (Phi) is 11.7. The van der Waals surface area contributed by atoms with Crippen LogP contribution in [0, 0.1) is 0 Å². The van der Waals surface area contributed by atoms with Gasteiger partial charge in [-0.25, -0.2) is 0 Å². The highest BCUT2D eigenvalue weighted by atomic mass is 127. The maximum absolute atomic E-state index is 10.8. The number of benzene rings is 1. The molecule has 1 amide bonds. The third-order valence-corrected chi connectivity index (χ3v) is 3.21. The molecular formula is C17H27IN4O2. The van der Waals surface area contributed by atoms with Crippen LogP contribution in [0.15, 0.2) is 41.9 Å². The molecule has 0 heterocycles. The monoisotopic (exact) mass is 446 g/mol. The van der Waals surface area contributed by atoms with Crippen molar-refractivity contribution in [2.75, 3.05) is 27.2 Å². The lowest BCUT2D eigenvalue weighted by atomic mass is 10.2. The quantitative estimate of drug-likeness (QED) is 0.200. The highest BCUT2D eigenvalue weighted by molar-refractivity contribution is 14.0. The van der Waals surface area contributed by atoms with Crippen molar-refractivity contribution in [1.82, 2.24) is 10.2 Å². The van der Waals surface area contributed by atoms with Crippen molar-refractivity contribution >= 4 is 35.8 Å². The summed E-state index contributed by atoms with van der Waals surface area (Å²) in [5.41, 5.74) is 6.11. The smallest absolute Gasteiger partial charge is 0.255 e. The highest BCUT2D eigenvalue weighted by Crippen LogP contribution is 2.13. The number of nitrogens with two attached hydrogens (primary N) is 1. The Morgan fingerprint density at radius 3 is 2.88 bits per heavy atom. The standard InChI is InChI=1S/C17H26N4O2.HI/c1-4-5-6-10-21(3)17(19-2)20-12-14-8-7-9-15(11-14)23-13-16(18)22;/h4,7-9,11H,1,5-6,10,12-13H2,2-3H3,(H2,18,22)(H,19,20);1H. The number of guanidine groups is 1. The highest BCUT2D eigenvalue weighted by Gasteiger charge is 2.05. The molecule has 0 atom stereocenters. The van der Waals surface area contributed by atoms with Gasteiger partial charge in [-0.1, -0.05) is 18.2 Å². The molecule has 0 aliphatic heterocycles. The number of amides is 1. The van der Waals surface area contributed by atoms with E-state index in [2.05, 4.69) is 21.8 Å². The SMILES string of the molecule is C=CCCCN(C)C(=NC)NCc1cccc(OCC(N)=O)c1.I. The van der Waals surface area contributed by atoms with Crippen LogP contribution in [-0.4, -0.2) is 44.0 Å². The first-order chi connectivity index (χ1) is 11.1. The van der Waals surface area contributed by atoms with E-state index < -0.39 is 5.91 Å². The number of rotatable bonds is 9. The van der Waals surface area contributed by atoms with Crippen LogP contribution >= 0.6 is 24.0 Å². The Bertz CT molecular complexity index is 549. The van der Waals surface area contributed by atoms with Gasteiger partial charge in [0.25, 0.3) is 5.91 Å². The number of halogens is 1. The van der Waals surface area contributed by atoms with Crippen molar-refractivity contribution in [1.29, 1.82) is 0 Å². The largest absolute Gasteiger partial charge is 0.484 e. The molecule has 0 aliphatic carbocycles. The van der Waals surface area contributed by atoms with Gasteiger partial charge in [0, 0.05) is 27.2 Å². The molecule has 0 aromatic heterocycles. The van der Waals surface area contributed by atoms with E-state index in [1.54, 1.807) is 13.1 Å². The summed E-state index contributed by atoms with van der Waals surface area (Å²) >= 11 is 0. The van der Waals surface area contributed by atoms with E-state index in [9.17, 15) is 4.79 Å².